The van der Waals surface area contributed by atoms with Gasteiger partial charge in [0, 0.05) is 32.6 Å². The maximum atomic E-state index is 13.3. The molecule has 2 aromatic carbocycles. The fourth-order valence-electron chi connectivity index (χ4n) is 4.00. The lowest BCUT2D eigenvalue weighted by Crippen LogP contribution is -2.39. The quantitative estimate of drug-likeness (QED) is 0.398. The average Bonchev–Trinajstić information content (AvgIpc) is 3.23. The fraction of sp³-hybridized carbons (Fsp3) is 0.440. The van der Waals surface area contributed by atoms with E-state index in [1.54, 1.807) is 4.90 Å². The van der Waals surface area contributed by atoms with Crippen LogP contribution in [0.15, 0.2) is 41.3 Å². The lowest BCUT2D eigenvalue weighted by molar-refractivity contribution is -0.118. The number of benzene rings is 2. The minimum absolute atomic E-state index is 0.0107. The summed E-state index contributed by atoms with van der Waals surface area (Å²) in [6.45, 7) is 8.49. The minimum atomic E-state index is -3.71. The van der Waals surface area contributed by atoms with E-state index in [0.29, 0.717) is 24.9 Å². The van der Waals surface area contributed by atoms with E-state index in [4.69, 9.17) is 9.72 Å². The Bertz CT molecular complexity index is 1250. The van der Waals surface area contributed by atoms with E-state index in [2.05, 4.69) is 11.0 Å². The molecule has 1 aliphatic rings. The first-order valence-corrected chi connectivity index (χ1v) is 14.2. The zero-order valence-electron chi connectivity index (χ0n) is 20.0. The number of aryl methyl sites for hydroxylation is 2. The second kappa shape index (κ2) is 11.1. The number of ether oxygens (including phenoxy) is 1. The molecule has 10 heteroatoms. The van der Waals surface area contributed by atoms with Crippen molar-refractivity contribution in [1.82, 2.24) is 9.88 Å². The largest absolute Gasteiger partial charge is 0.379 e. The Kier molecular flexibility index (Phi) is 8.16. The van der Waals surface area contributed by atoms with Crippen molar-refractivity contribution in [2.75, 3.05) is 50.0 Å². The van der Waals surface area contributed by atoms with Gasteiger partial charge in [-0.25, -0.2) is 17.8 Å². The summed E-state index contributed by atoms with van der Waals surface area (Å²) in [6, 6.07) is 8.76. The van der Waals surface area contributed by atoms with Gasteiger partial charge >= 0.3 is 0 Å². The Balaban J connectivity index is 1.50. The highest BCUT2D eigenvalue weighted by atomic mass is 32.2. The van der Waals surface area contributed by atoms with Crippen LogP contribution in [0.2, 0.25) is 0 Å². The number of rotatable bonds is 9. The number of hydrogen-bond acceptors (Lipinski definition) is 7. The lowest BCUT2D eigenvalue weighted by Gasteiger charge is -2.27. The molecule has 2 heterocycles. The van der Waals surface area contributed by atoms with Crippen molar-refractivity contribution < 1.29 is 22.3 Å². The number of thiazole rings is 1. The Morgan fingerprint density at radius 2 is 1.83 bits per heavy atom. The molecule has 0 radical (unpaired) electrons. The van der Waals surface area contributed by atoms with Crippen LogP contribution in [0.25, 0.3) is 10.2 Å². The summed E-state index contributed by atoms with van der Waals surface area (Å²) in [4.78, 5) is 21.9. The molecule has 1 fully saturated rings. The van der Waals surface area contributed by atoms with Crippen LogP contribution in [0.5, 0.6) is 0 Å². The van der Waals surface area contributed by atoms with Gasteiger partial charge in [-0.1, -0.05) is 11.3 Å². The number of anilines is 1. The van der Waals surface area contributed by atoms with Gasteiger partial charge in [-0.2, -0.15) is 0 Å². The van der Waals surface area contributed by atoms with Gasteiger partial charge < -0.3 is 4.74 Å². The van der Waals surface area contributed by atoms with Crippen molar-refractivity contribution in [2.45, 2.75) is 31.6 Å². The van der Waals surface area contributed by atoms with Gasteiger partial charge in [0.25, 0.3) is 0 Å². The average molecular weight is 520 g/mol. The van der Waals surface area contributed by atoms with Crippen LogP contribution < -0.4 is 4.90 Å². The monoisotopic (exact) mass is 519 g/mol. The summed E-state index contributed by atoms with van der Waals surface area (Å²) in [5.41, 5.74) is 3.12. The first-order valence-electron chi connectivity index (χ1n) is 11.7. The van der Waals surface area contributed by atoms with E-state index in [1.165, 1.54) is 23.5 Å². The van der Waals surface area contributed by atoms with Gasteiger partial charge in [0.2, 0.25) is 5.91 Å². The number of hydrogen-bond donors (Lipinski definition) is 0. The first-order chi connectivity index (χ1) is 16.7. The van der Waals surface area contributed by atoms with Gasteiger partial charge in [0.1, 0.15) is 5.82 Å². The highest BCUT2D eigenvalue weighted by Crippen LogP contribution is 2.31. The van der Waals surface area contributed by atoms with E-state index >= 15 is 0 Å². The number of carbonyl (C=O) groups is 1. The summed E-state index contributed by atoms with van der Waals surface area (Å²) < 4.78 is 45.0. The Labute approximate surface area is 209 Å². The topological polar surface area (TPSA) is 79.8 Å². The van der Waals surface area contributed by atoms with Crippen molar-refractivity contribution in [3.63, 3.8) is 0 Å². The number of sulfone groups is 1. The smallest absolute Gasteiger partial charge is 0.229 e. The molecular formula is C25H30FN3O4S2. The number of fused-ring (bicyclic) bond motifs is 1. The van der Waals surface area contributed by atoms with Crippen LogP contribution in [0.4, 0.5) is 9.52 Å². The Morgan fingerprint density at radius 3 is 2.54 bits per heavy atom. The number of nitrogens with zero attached hydrogens (tertiary/aromatic N) is 3. The molecule has 3 aromatic rings. The van der Waals surface area contributed by atoms with Crippen LogP contribution >= 0.6 is 11.3 Å². The number of halogens is 1. The SMILES string of the molecule is Cc1cc2nc(N(CCCN3CCOCC3)C(=O)CCS(=O)(=O)c3ccc(F)cc3)sc2cc1C. The summed E-state index contributed by atoms with van der Waals surface area (Å²) >= 11 is 1.44. The van der Waals surface area contributed by atoms with E-state index in [0.717, 1.165) is 59.5 Å². The molecule has 35 heavy (non-hydrogen) atoms. The normalized spacial score (nSPS) is 14.9. The third-order valence-corrected chi connectivity index (χ3v) is 9.01. The molecule has 0 bridgehead atoms. The van der Waals surface area contributed by atoms with E-state index in [-0.39, 0.29) is 23.0 Å². The summed E-state index contributed by atoms with van der Waals surface area (Å²) in [5.74, 6) is -1.14. The molecular weight excluding hydrogens is 489 g/mol. The number of morpholine rings is 1. The third kappa shape index (κ3) is 6.43. The standard InChI is InChI=1S/C25H30FN3O4S2/c1-18-16-22-23(17-19(18)2)34-25(27-22)29(10-3-9-28-11-13-33-14-12-28)24(30)8-15-35(31,32)21-6-4-20(26)5-7-21/h4-7,16-17H,3,8-15H2,1-2H3. The van der Waals surface area contributed by atoms with Gasteiger partial charge in [0.15, 0.2) is 15.0 Å². The molecule has 1 saturated heterocycles. The van der Waals surface area contributed by atoms with E-state index in [9.17, 15) is 17.6 Å². The highest BCUT2D eigenvalue weighted by Gasteiger charge is 2.24. The van der Waals surface area contributed by atoms with Crippen molar-refractivity contribution >= 4 is 42.4 Å². The van der Waals surface area contributed by atoms with E-state index < -0.39 is 15.7 Å². The van der Waals surface area contributed by atoms with Crippen LogP contribution in [0.1, 0.15) is 24.0 Å². The molecule has 188 valence electrons. The Morgan fingerprint density at radius 1 is 1.14 bits per heavy atom. The Hall–Kier alpha value is -2.40. The van der Waals surface area contributed by atoms with Crippen LogP contribution in [-0.2, 0) is 19.4 Å². The minimum Gasteiger partial charge on any atom is -0.379 e. The van der Waals surface area contributed by atoms with Crippen LogP contribution in [0, 0.1) is 19.7 Å². The lowest BCUT2D eigenvalue weighted by atomic mass is 10.1. The number of carbonyl (C=O) groups excluding carboxylic acids is 1. The molecule has 0 saturated carbocycles. The van der Waals surface area contributed by atoms with Crippen molar-refractivity contribution in [3.8, 4) is 0 Å². The molecule has 0 aliphatic carbocycles. The molecule has 1 aromatic heterocycles. The second-order valence-electron chi connectivity index (χ2n) is 8.78. The summed E-state index contributed by atoms with van der Waals surface area (Å²) in [5, 5.41) is 0.580. The van der Waals surface area contributed by atoms with Crippen molar-refractivity contribution in [1.29, 1.82) is 0 Å². The fourth-order valence-corrected chi connectivity index (χ4v) is 6.32. The van der Waals surface area contributed by atoms with Gasteiger partial charge in [-0.15, -0.1) is 0 Å². The summed E-state index contributed by atoms with van der Waals surface area (Å²) in [7, 11) is -3.71. The molecule has 1 amide bonds. The molecule has 0 atom stereocenters. The van der Waals surface area contributed by atoms with Crippen LogP contribution in [-0.4, -0.2) is 69.4 Å². The second-order valence-corrected chi connectivity index (χ2v) is 11.9. The number of amides is 1. The van der Waals surface area contributed by atoms with Crippen molar-refractivity contribution in [3.05, 3.63) is 53.3 Å². The maximum absolute atomic E-state index is 13.3. The third-order valence-electron chi connectivity index (χ3n) is 6.24. The molecule has 0 spiro atoms. The highest BCUT2D eigenvalue weighted by molar-refractivity contribution is 7.91. The molecule has 0 N–H and O–H groups in total. The van der Waals surface area contributed by atoms with Gasteiger partial charge in [-0.05, 0) is 67.8 Å². The molecule has 4 rings (SSSR count). The molecule has 0 unspecified atom stereocenters. The maximum Gasteiger partial charge on any atom is 0.229 e. The van der Waals surface area contributed by atoms with E-state index in [1.807, 2.05) is 19.9 Å². The molecule has 7 nitrogen and oxygen atoms in total. The molecule has 1 aliphatic heterocycles. The zero-order chi connectivity index (χ0) is 25.0. The number of aromatic nitrogens is 1. The van der Waals surface area contributed by atoms with Gasteiger partial charge in [-0.3, -0.25) is 14.6 Å². The van der Waals surface area contributed by atoms with Crippen LogP contribution in [0.3, 0.4) is 0 Å². The van der Waals surface area contributed by atoms with Gasteiger partial charge in [0.05, 0.1) is 34.1 Å². The summed E-state index contributed by atoms with van der Waals surface area (Å²) in [6.07, 6.45) is 0.565. The predicted octanol–water partition coefficient (Wildman–Crippen LogP) is 3.97. The zero-order valence-corrected chi connectivity index (χ0v) is 21.6. The van der Waals surface area contributed by atoms with Crippen molar-refractivity contribution in [2.24, 2.45) is 0 Å². The predicted molar refractivity (Wildman–Crippen MR) is 136 cm³/mol. The first kappa shape index (κ1) is 25.7.